The lowest BCUT2D eigenvalue weighted by Gasteiger charge is -2.33. The molecule has 1 fully saturated rings. The normalized spacial score (nSPS) is 14.7. The number of sulfone groups is 1. The van der Waals surface area contributed by atoms with E-state index in [-0.39, 0.29) is 10.8 Å². The van der Waals surface area contributed by atoms with E-state index < -0.39 is 9.84 Å². The van der Waals surface area contributed by atoms with Crippen LogP contribution < -0.4 is 0 Å². The zero-order chi connectivity index (χ0) is 26.2. The number of nitrogens with zero attached hydrogens (tertiary/aromatic N) is 4. The number of rotatable bonds is 6. The molecule has 2 aromatic heterocycles. The van der Waals surface area contributed by atoms with Gasteiger partial charge >= 0.3 is 0 Å². The molecule has 192 valence electrons. The summed E-state index contributed by atoms with van der Waals surface area (Å²) in [4.78, 5) is 19.7. The molecule has 5 rings (SSSR count). The van der Waals surface area contributed by atoms with Gasteiger partial charge in [-0.05, 0) is 54.6 Å². The average Bonchev–Trinajstić information content (AvgIpc) is 3.56. The fourth-order valence-corrected chi connectivity index (χ4v) is 6.29. The van der Waals surface area contributed by atoms with Crippen LogP contribution in [0, 0.1) is 0 Å². The van der Waals surface area contributed by atoms with Crippen molar-refractivity contribution < 1.29 is 13.2 Å². The third-order valence-corrected chi connectivity index (χ3v) is 9.11. The number of hydrogen-bond donors (Lipinski definition) is 0. The average molecular weight is 555 g/mol. The van der Waals surface area contributed by atoms with Crippen molar-refractivity contribution >= 4 is 38.7 Å². The van der Waals surface area contributed by atoms with Gasteiger partial charge in [0, 0.05) is 37.3 Å². The van der Waals surface area contributed by atoms with Gasteiger partial charge in [-0.25, -0.2) is 13.1 Å². The van der Waals surface area contributed by atoms with Crippen LogP contribution in [0.4, 0.5) is 0 Å². The summed E-state index contributed by atoms with van der Waals surface area (Å²) in [5, 5.41) is 5.24. The van der Waals surface area contributed by atoms with Crippen molar-refractivity contribution in [3.05, 3.63) is 77.4 Å². The number of halogens is 1. The summed E-state index contributed by atoms with van der Waals surface area (Å²) in [6.07, 6.45) is 1.20. The highest BCUT2D eigenvalue weighted by molar-refractivity contribution is 7.90. The molecule has 0 aliphatic carbocycles. The number of likely N-dealkylation sites (N-methyl/N-ethyl adjacent to an activating group) is 1. The Kier molecular flexibility index (Phi) is 7.22. The minimum absolute atomic E-state index is 0.0968. The van der Waals surface area contributed by atoms with Crippen LogP contribution in [0.15, 0.2) is 71.6 Å². The van der Waals surface area contributed by atoms with E-state index in [0.717, 1.165) is 40.6 Å². The van der Waals surface area contributed by atoms with Gasteiger partial charge in [0.05, 0.1) is 26.2 Å². The quantitative estimate of drug-likeness (QED) is 0.331. The van der Waals surface area contributed by atoms with Crippen LogP contribution in [0.25, 0.3) is 26.7 Å². The molecule has 0 spiro atoms. The van der Waals surface area contributed by atoms with Crippen molar-refractivity contribution in [2.75, 3.05) is 39.0 Å². The summed E-state index contributed by atoms with van der Waals surface area (Å²) < 4.78 is 25.8. The Morgan fingerprint density at radius 3 is 2.41 bits per heavy atom. The minimum atomic E-state index is -3.32. The third kappa shape index (κ3) is 5.36. The monoisotopic (exact) mass is 554 g/mol. The number of piperazine rings is 1. The Balaban J connectivity index is 1.54. The molecule has 1 aliphatic heterocycles. The van der Waals surface area contributed by atoms with Crippen LogP contribution in [0.5, 0.6) is 0 Å². The molecule has 7 nitrogen and oxygen atoms in total. The molecular weight excluding hydrogens is 528 g/mol. The number of thiophene rings is 1. The standard InChI is InChI=1S/C27H27ClN4O3S2/c1-3-30-13-15-31(16-14-30)27(33)22-18-24(32(29-22)23-10-5-4-9-21(23)28)26-12-11-25(36-26)19-7-6-8-20(17-19)37(2,34)35/h4-12,17-18H,3,13-16H2,1-2H3. The van der Waals surface area contributed by atoms with Gasteiger partial charge in [0.25, 0.3) is 5.91 Å². The SMILES string of the molecule is CCN1CCN(C(=O)c2cc(-c3ccc(-c4cccc(S(C)(=O)=O)c4)s3)n(-c3ccccc3Cl)n2)CC1. The van der Waals surface area contributed by atoms with Gasteiger partial charge in [-0.3, -0.25) is 4.79 Å². The molecule has 0 bridgehead atoms. The van der Waals surface area contributed by atoms with E-state index in [9.17, 15) is 13.2 Å². The summed E-state index contributed by atoms with van der Waals surface area (Å²) >= 11 is 8.04. The van der Waals surface area contributed by atoms with Gasteiger partial charge in [0.2, 0.25) is 0 Å². The lowest BCUT2D eigenvalue weighted by Crippen LogP contribution is -2.48. The Morgan fingerprint density at radius 1 is 0.973 bits per heavy atom. The van der Waals surface area contributed by atoms with Crippen LogP contribution in [0.3, 0.4) is 0 Å². The van der Waals surface area contributed by atoms with E-state index in [1.54, 1.807) is 28.9 Å². The van der Waals surface area contributed by atoms with E-state index in [0.29, 0.717) is 29.5 Å². The predicted octanol–water partition coefficient (Wildman–Crippen LogP) is 5.10. The van der Waals surface area contributed by atoms with Gasteiger partial charge in [0.1, 0.15) is 0 Å². The number of para-hydroxylation sites is 1. The molecule has 3 heterocycles. The summed E-state index contributed by atoms with van der Waals surface area (Å²) in [5.74, 6) is -0.0968. The maximum absolute atomic E-state index is 13.4. The Labute approximate surface area is 225 Å². The summed E-state index contributed by atoms with van der Waals surface area (Å²) in [7, 11) is -3.32. The summed E-state index contributed by atoms with van der Waals surface area (Å²) in [5.41, 5.74) is 2.61. The van der Waals surface area contributed by atoms with Crippen LogP contribution in [-0.2, 0) is 9.84 Å². The topological polar surface area (TPSA) is 75.5 Å². The zero-order valence-corrected chi connectivity index (χ0v) is 23.0. The van der Waals surface area contributed by atoms with Crippen molar-refractivity contribution in [1.29, 1.82) is 0 Å². The summed E-state index contributed by atoms with van der Waals surface area (Å²) in [6.45, 7) is 6.13. The Bertz CT molecular complexity index is 1550. The number of carbonyl (C=O) groups is 1. The maximum Gasteiger partial charge on any atom is 0.274 e. The third-order valence-electron chi connectivity index (χ3n) is 6.52. The van der Waals surface area contributed by atoms with Gasteiger partial charge in [-0.1, -0.05) is 42.8 Å². The molecule has 4 aromatic rings. The zero-order valence-electron chi connectivity index (χ0n) is 20.6. The van der Waals surface area contributed by atoms with E-state index in [2.05, 4.69) is 11.8 Å². The fraction of sp³-hybridized carbons (Fsp3) is 0.259. The first-order valence-electron chi connectivity index (χ1n) is 12.0. The maximum atomic E-state index is 13.4. The molecule has 0 unspecified atom stereocenters. The van der Waals surface area contributed by atoms with E-state index in [1.807, 2.05) is 47.4 Å². The van der Waals surface area contributed by atoms with Crippen LogP contribution >= 0.6 is 22.9 Å². The molecular formula is C27H27ClN4O3S2. The minimum Gasteiger partial charge on any atom is -0.335 e. The molecule has 0 N–H and O–H groups in total. The first-order valence-corrected chi connectivity index (χ1v) is 15.1. The highest BCUT2D eigenvalue weighted by Crippen LogP contribution is 2.37. The number of hydrogen-bond acceptors (Lipinski definition) is 6. The van der Waals surface area contributed by atoms with Gasteiger partial charge in [0.15, 0.2) is 15.5 Å². The molecule has 1 amide bonds. The van der Waals surface area contributed by atoms with Gasteiger partial charge < -0.3 is 9.80 Å². The molecule has 10 heteroatoms. The smallest absolute Gasteiger partial charge is 0.274 e. The van der Waals surface area contributed by atoms with E-state index >= 15 is 0 Å². The fourth-order valence-electron chi connectivity index (χ4n) is 4.41. The van der Waals surface area contributed by atoms with Crippen LogP contribution in [0.2, 0.25) is 5.02 Å². The van der Waals surface area contributed by atoms with Crippen molar-refractivity contribution in [3.63, 3.8) is 0 Å². The first-order chi connectivity index (χ1) is 17.7. The number of aromatic nitrogens is 2. The van der Waals surface area contributed by atoms with Crippen molar-refractivity contribution in [2.24, 2.45) is 0 Å². The van der Waals surface area contributed by atoms with Crippen molar-refractivity contribution in [3.8, 4) is 26.7 Å². The van der Waals surface area contributed by atoms with Gasteiger partial charge in [-0.2, -0.15) is 5.10 Å². The van der Waals surface area contributed by atoms with Gasteiger partial charge in [-0.15, -0.1) is 11.3 Å². The number of benzene rings is 2. The highest BCUT2D eigenvalue weighted by atomic mass is 35.5. The first kappa shape index (κ1) is 25.7. The number of carbonyl (C=O) groups excluding carboxylic acids is 1. The second kappa shape index (κ2) is 10.4. The lowest BCUT2D eigenvalue weighted by molar-refractivity contribution is 0.0637. The molecule has 1 aliphatic rings. The Morgan fingerprint density at radius 2 is 1.70 bits per heavy atom. The Hall–Kier alpha value is -2.98. The van der Waals surface area contributed by atoms with Crippen LogP contribution in [-0.4, -0.2) is 72.9 Å². The second-order valence-electron chi connectivity index (χ2n) is 8.97. The molecule has 37 heavy (non-hydrogen) atoms. The van der Waals surface area contributed by atoms with Crippen LogP contribution in [0.1, 0.15) is 17.4 Å². The number of amides is 1. The predicted molar refractivity (Wildman–Crippen MR) is 148 cm³/mol. The molecule has 2 aromatic carbocycles. The summed E-state index contributed by atoms with van der Waals surface area (Å²) in [6, 6.07) is 20.1. The van der Waals surface area contributed by atoms with Crippen molar-refractivity contribution in [2.45, 2.75) is 11.8 Å². The second-order valence-corrected chi connectivity index (χ2v) is 12.5. The lowest BCUT2D eigenvalue weighted by atomic mass is 10.2. The highest BCUT2D eigenvalue weighted by Gasteiger charge is 2.26. The molecule has 1 saturated heterocycles. The van der Waals surface area contributed by atoms with E-state index in [4.69, 9.17) is 16.7 Å². The molecule has 0 radical (unpaired) electrons. The largest absolute Gasteiger partial charge is 0.335 e. The molecule has 0 saturated carbocycles. The van der Waals surface area contributed by atoms with E-state index in [1.165, 1.54) is 17.6 Å². The molecule has 0 atom stereocenters. The van der Waals surface area contributed by atoms with Crippen molar-refractivity contribution in [1.82, 2.24) is 19.6 Å².